The highest BCUT2D eigenvalue weighted by Crippen LogP contribution is 2.25. The van der Waals surface area contributed by atoms with Gasteiger partial charge in [0.2, 0.25) is 0 Å². The highest BCUT2D eigenvalue weighted by atomic mass is 32.2. The van der Waals surface area contributed by atoms with Gasteiger partial charge in [-0.05, 0) is 55.5 Å². The van der Waals surface area contributed by atoms with Gasteiger partial charge in [-0.3, -0.25) is 14.2 Å². The van der Waals surface area contributed by atoms with Gasteiger partial charge in [-0.25, -0.2) is 4.98 Å². The van der Waals surface area contributed by atoms with Crippen LogP contribution in [0.4, 0.5) is 0 Å². The Morgan fingerprint density at radius 3 is 2.33 bits per heavy atom. The molecule has 0 saturated heterocycles. The number of thioether (sulfide) groups is 1. The largest absolute Gasteiger partial charge is 0.457 e. The van der Waals surface area contributed by atoms with Crippen LogP contribution in [0, 0.1) is 0 Å². The molecule has 0 spiro atoms. The van der Waals surface area contributed by atoms with Crippen molar-refractivity contribution in [2.75, 3.05) is 5.75 Å². The molecule has 0 N–H and O–H groups in total. The molecule has 1 heterocycles. The summed E-state index contributed by atoms with van der Waals surface area (Å²) in [4.78, 5) is 29.3. The van der Waals surface area contributed by atoms with E-state index in [1.807, 2.05) is 72.8 Å². The number of carbonyl (C=O) groups excluding carboxylic acids is 1. The molecule has 150 valence electrons. The summed E-state index contributed by atoms with van der Waals surface area (Å²) in [5.74, 6) is 2.10. The average molecular weight is 417 g/mol. The number of nitrogens with zero attached hydrogens (tertiary/aromatic N) is 2. The van der Waals surface area contributed by atoms with Gasteiger partial charge in [0, 0.05) is 12.2 Å². The van der Waals surface area contributed by atoms with Crippen LogP contribution in [0.15, 0.2) is 88.8 Å². The second-order valence-electron chi connectivity index (χ2n) is 6.76. The second-order valence-corrected chi connectivity index (χ2v) is 7.82. The first-order valence-corrected chi connectivity index (χ1v) is 10.6. The molecule has 0 atom stereocenters. The highest BCUT2D eigenvalue weighted by Gasteiger charge is 2.13. The minimum Gasteiger partial charge on any atom is -0.457 e. The molecule has 6 heteroatoms. The Balaban J connectivity index is 1.71. The van der Waals surface area contributed by atoms with Crippen LogP contribution in [-0.4, -0.2) is 21.1 Å². The van der Waals surface area contributed by atoms with Crippen LogP contribution in [0.3, 0.4) is 0 Å². The highest BCUT2D eigenvalue weighted by molar-refractivity contribution is 7.99. The summed E-state index contributed by atoms with van der Waals surface area (Å²) in [7, 11) is 0. The Morgan fingerprint density at radius 2 is 1.60 bits per heavy atom. The minimum absolute atomic E-state index is 0.111. The molecule has 0 unspecified atom stereocenters. The van der Waals surface area contributed by atoms with Gasteiger partial charge in [-0.1, -0.05) is 42.1 Å². The first-order valence-electron chi connectivity index (χ1n) is 9.59. The summed E-state index contributed by atoms with van der Waals surface area (Å²) < 4.78 is 7.44. The Hall–Kier alpha value is -3.38. The lowest BCUT2D eigenvalue weighted by atomic mass is 10.2. The predicted octanol–water partition coefficient (Wildman–Crippen LogP) is 5.25. The maximum atomic E-state index is 13.2. The number of benzene rings is 3. The summed E-state index contributed by atoms with van der Waals surface area (Å²) in [6.07, 6.45) is 0.428. The van der Waals surface area contributed by atoms with Crippen molar-refractivity contribution in [3.05, 3.63) is 89.2 Å². The van der Waals surface area contributed by atoms with E-state index >= 15 is 0 Å². The Morgan fingerprint density at radius 1 is 0.933 bits per heavy atom. The summed E-state index contributed by atoms with van der Waals surface area (Å²) >= 11 is 1.41. The van der Waals surface area contributed by atoms with Gasteiger partial charge in [-0.2, -0.15) is 0 Å². The quantitative estimate of drug-likeness (QED) is 0.304. The molecule has 3 aromatic carbocycles. The maximum Gasteiger partial charge on any atom is 0.266 e. The third kappa shape index (κ3) is 4.44. The number of ether oxygens (including phenoxy) is 1. The van der Waals surface area contributed by atoms with E-state index in [1.54, 1.807) is 17.6 Å². The van der Waals surface area contributed by atoms with Crippen LogP contribution in [0.2, 0.25) is 0 Å². The third-order valence-electron chi connectivity index (χ3n) is 4.50. The molecule has 0 amide bonds. The van der Waals surface area contributed by atoms with Gasteiger partial charge < -0.3 is 4.74 Å². The number of fused-ring (bicyclic) bond motifs is 1. The van der Waals surface area contributed by atoms with Crippen molar-refractivity contribution in [2.45, 2.75) is 18.5 Å². The Bertz CT molecular complexity index is 1240. The van der Waals surface area contributed by atoms with Crippen molar-refractivity contribution in [3.63, 3.8) is 0 Å². The molecule has 0 aliphatic carbocycles. The first-order chi connectivity index (χ1) is 14.6. The molecule has 0 radical (unpaired) electrons. The smallest absolute Gasteiger partial charge is 0.266 e. The normalized spacial score (nSPS) is 10.8. The van der Waals surface area contributed by atoms with E-state index in [0.29, 0.717) is 39.7 Å². The fourth-order valence-corrected chi connectivity index (χ4v) is 4.06. The molecule has 0 fully saturated rings. The number of carbonyl (C=O) groups is 1. The van der Waals surface area contributed by atoms with Crippen LogP contribution in [0.5, 0.6) is 11.5 Å². The van der Waals surface area contributed by atoms with Crippen LogP contribution >= 0.6 is 11.8 Å². The molecule has 0 saturated carbocycles. The number of aromatic nitrogens is 2. The monoisotopic (exact) mass is 416 g/mol. The number of hydrogen-bond acceptors (Lipinski definition) is 5. The van der Waals surface area contributed by atoms with Gasteiger partial charge in [0.15, 0.2) is 5.16 Å². The predicted molar refractivity (Wildman–Crippen MR) is 120 cm³/mol. The van der Waals surface area contributed by atoms with E-state index in [9.17, 15) is 9.59 Å². The van der Waals surface area contributed by atoms with Crippen LogP contribution in [0.1, 0.15) is 13.3 Å². The molecule has 0 aliphatic rings. The summed E-state index contributed by atoms with van der Waals surface area (Å²) in [5.41, 5.74) is 1.21. The molecular formula is C24H20N2O3S. The van der Waals surface area contributed by atoms with Crippen molar-refractivity contribution < 1.29 is 9.53 Å². The molecule has 4 rings (SSSR count). The lowest BCUT2D eigenvalue weighted by Gasteiger charge is -2.14. The van der Waals surface area contributed by atoms with Crippen molar-refractivity contribution in [2.24, 2.45) is 0 Å². The molecule has 4 aromatic rings. The zero-order valence-electron chi connectivity index (χ0n) is 16.4. The van der Waals surface area contributed by atoms with Gasteiger partial charge in [0.25, 0.3) is 5.56 Å². The third-order valence-corrected chi connectivity index (χ3v) is 5.44. The van der Waals surface area contributed by atoms with Crippen molar-refractivity contribution in [1.82, 2.24) is 9.55 Å². The lowest BCUT2D eigenvalue weighted by Crippen LogP contribution is -2.21. The number of ketones is 1. The van der Waals surface area contributed by atoms with E-state index in [1.165, 1.54) is 11.8 Å². The van der Waals surface area contributed by atoms with E-state index in [-0.39, 0.29) is 11.3 Å². The molecule has 0 aliphatic heterocycles. The van der Waals surface area contributed by atoms with Crippen LogP contribution < -0.4 is 10.3 Å². The van der Waals surface area contributed by atoms with Gasteiger partial charge in [0.1, 0.15) is 17.3 Å². The molecule has 30 heavy (non-hydrogen) atoms. The fraction of sp³-hybridized carbons (Fsp3) is 0.125. The zero-order chi connectivity index (χ0) is 20.9. The Kier molecular flexibility index (Phi) is 5.95. The number of hydrogen-bond donors (Lipinski definition) is 0. The van der Waals surface area contributed by atoms with E-state index in [4.69, 9.17) is 4.74 Å². The number of para-hydroxylation sites is 2. The van der Waals surface area contributed by atoms with Gasteiger partial charge in [0.05, 0.1) is 16.6 Å². The maximum absolute atomic E-state index is 13.2. The summed E-state index contributed by atoms with van der Waals surface area (Å²) in [6, 6.07) is 24.1. The van der Waals surface area contributed by atoms with E-state index in [0.717, 1.165) is 5.75 Å². The zero-order valence-corrected chi connectivity index (χ0v) is 17.3. The van der Waals surface area contributed by atoms with E-state index < -0.39 is 0 Å². The first kappa shape index (κ1) is 19.9. The topological polar surface area (TPSA) is 61.2 Å². The minimum atomic E-state index is -0.136. The van der Waals surface area contributed by atoms with Crippen molar-refractivity contribution >= 4 is 28.4 Å². The number of rotatable bonds is 7. The van der Waals surface area contributed by atoms with Crippen molar-refractivity contribution in [1.29, 1.82) is 0 Å². The number of Topliss-reactive ketones (excluding diaryl/α,β-unsaturated/α-hetero) is 1. The molecule has 5 nitrogen and oxygen atoms in total. The van der Waals surface area contributed by atoms with Gasteiger partial charge >= 0.3 is 0 Å². The Labute approximate surface area is 178 Å². The molecule has 1 aromatic heterocycles. The second kappa shape index (κ2) is 8.97. The summed E-state index contributed by atoms with van der Waals surface area (Å²) in [6.45, 7) is 1.56. The van der Waals surface area contributed by atoms with Gasteiger partial charge in [-0.15, -0.1) is 0 Å². The average Bonchev–Trinajstić information content (AvgIpc) is 2.75. The standard InChI is InChI=1S/C24H20N2O3S/c1-17(27)15-16-30-24-25-22-10-6-5-9-21(22)23(28)26(24)18-11-13-20(14-12-18)29-19-7-3-2-4-8-19/h2-14H,15-16H2,1H3. The summed E-state index contributed by atoms with van der Waals surface area (Å²) in [5, 5.41) is 1.12. The lowest BCUT2D eigenvalue weighted by molar-refractivity contribution is -0.116. The van der Waals surface area contributed by atoms with E-state index in [2.05, 4.69) is 4.98 Å². The van der Waals surface area contributed by atoms with Crippen molar-refractivity contribution in [3.8, 4) is 17.2 Å². The van der Waals surface area contributed by atoms with Crippen LogP contribution in [0.25, 0.3) is 16.6 Å². The SMILES string of the molecule is CC(=O)CCSc1nc2ccccc2c(=O)n1-c1ccc(Oc2ccccc2)cc1. The molecular weight excluding hydrogens is 396 g/mol. The van der Waals surface area contributed by atoms with Crippen LogP contribution in [-0.2, 0) is 4.79 Å². The molecule has 0 bridgehead atoms. The fourth-order valence-electron chi connectivity index (χ4n) is 3.01.